The quantitative estimate of drug-likeness (QED) is 0.386. The molecule has 3 aliphatic rings. The second-order valence-electron chi connectivity index (χ2n) is 8.44. The van der Waals surface area contributed by atoms with Gasteiger partial charge in [-0.1, -0.05) is 6.07 Å². The number of ether oxygens (including phenoxy) is 1. The molecule has 2 atom stereocenters. The van der Waals surface area contributed by atoms with Gasteiger partial charge in [-0.3, -0.25) is 29.5 Å². The van der Waals surface area contributed by atoms with E-state index in [4.69, 9.17) is 0 Å². The summed E-state index contributed by atoms with van der Waals surface area (Å²) in [5, 5.41) is 0. The van der Waals surface area contributed by atoms with Gasteiger partial charge in [0.15, 0.2) is 18.1 Å². The molecule has 5 rings (SSSR count). The summed E-state index contributed by atoms with van der Waals surface area (Å²) in [6, 6.07) is 5.63. The zero-order valence-electron chi connectivity index (χ0n) is 19.8. The lowest BCUT2D eigenvalue weighted by atomic mass is 9.95. The van der Waals surface area contributed by atoms with E-state index >= 15 is 4.39 Å². The van der Waals surface area contributed by atoms with Crippen LogP contribution in [0.4, 0.5) is 23.2 Å². The number of ketones is 1. The summed E-state index contributed by atoms with van der Waals surface area (Å²) in [6.07, 6.45) is 4.46. The molecule has 2 aromatic rings. The lowest BCUT2D eigenvalue weighted by Gasteiger charge is -2.16. The standard InChI is InChI=1S/C25H17F4N5O4S/c1-12-9-30-23(33-12)13-7-16-17(11-32-24(16)31-10-13)22(35)20-18(26)5-6-19(21(20)27)34-39(36,37)15-4-2-3-14(8-15)38-25(28)29/h2-11,23-25,34H,1H3. The first-order valence-corrected chi connectivity index (χ1v) is 12.7. The highest BCUT2D eigenvalue weighted by Crippen LogP contribution is 2.32. The van der Waals surface area contributed by atoms with Crippen molar-refractivity contribution in [1.29, 1.82) is 0 Å². The molecule has 9 nitrogen and oxygen atoms in total. The van der Waals surface area contributed by atoms with E-state index in [0.717, 1.165) is 42.6 Å². The summed E-state index contributed by atoms with van der Waals surface area (Å²) in [5.74, 6) is -4.24. The number of Topliss-reactive ketones (excluding diaryl/α,β-unsaturated/α-hetero) is 1. The number of halogens is 4. The number of fused-ring (bicyclic) bond motifs is 1. The molecule has 0 saturated heterocycles. The van der Waals surface area contributed by atoms with Crippen molar-refractivity contribution in [3.63, 3.8) is 0 Å². The average molecular weight is 560 g/mol. The fourth-order valence-electron chi connectivity index (χ4n) is 4.01. The number of carbonyl (C=O) groups excluding carboxylic acids is 1. The summed E-state index contributed by atoms with van der Waals surface area (Å²) in [6.45, 7) is -1.43. The van der Waals surface area contributed by atoms with Gasteiger partial charge in [0.1, 0.15) is 11.6 Å². The van der Waals surface area contributed by atoms with Gasteiger partial charge in [0.2, 0.25) is 5.78 Å². The highest BCUT2D eigenvalue weighted by Gasteiger charge is 2.32. The lowest BCUT2D eigenvalue weighted by Crippen LogP contribution is -2.18. The van der Waals surface area contributed by atoms with Gasteiger partial charge >= 0.3 is 6.61 Å². The van der Waals surface area contributed by atoms with E-state index in [2.05, 4.69) is 24.7 Å². The largest absolute Gasteiger partial charge is 0.435 e. The molecule has 2 unspecified atom stereocenters. The van der Waals surface area contributed by atoms with Crippen LogP contribution >= 0.6 is 0 Å². The molecule has 0 fully saturated rings. The molecule has 0 spiro atoms. The Labute approximate surface area is 219 Å². The van der Waals surface area contributed by atoms with Crippen LogP contribution in [0.15, 0.2) is 84.1 Å². The topological polar surface area (TPSA) is 122 Å². The van der Waals surface area contributed by atoms with Crippen LogP contribution in [-0.2, 0) is 10.0 Å². The first-order chi connectivity index (χ1) is 18.5. The molecule has 0 amide bonds. The summed E-state index contributed by atoms with van der Waals surface area (Å²) in [7, 11) is -4.55. The molecule has 200 valence electrons. The molecule has 0 aromatic heterocycles. The summed E-state index contributed by atoms with van der Waals surface area (Å²) < 4.78 is 87.0. The number of hydrogen-bond donors (Lipinski definition) is 1. The van der Waals surface area contributed by atoms with Crippen molar-refractivity contribution in [2.24, 2.45) is 20.0 Å². The Morgan fingerprint density at radius 2 is 1.77 bits per heavy atom. The highest BCUT2D eigenvalue weighted by molar-refractivity contribution is 7.92. The first-order valence-electron chi connectivity index (χ1n) is 11.2. The molecule has 0 radical (unpaired) electrons. The number of rotatable bonds is 8. The number of carbonyl (C=O) groups is 1. The number of sulfonamides is 1. The molecular weight excluding hydrogens is 542 g/mol. The van der Waals surface area contributed by atoms with Crippen LogP contribution in [0.25, 0.3) is 0 Å². The normalized spacial score (nSPS) is 19.8. The molecule has 3 aliphatic heterocycles. The van der Waals surface area contributed by atoms with E-state index in [1.807, 2.05) is 4.72 Å². The number of hydrogen-bond acceptors (Lipinski definition) is 8. The van der Waals surface area contributed by atoms with Crippen molar-refractivity contribution in [2.45, 2.75) is 30.8 Å². The van der Waals surface area contributed by atoms with Crippen molar-refractivity contribution >= 4 is 45.8 Å². The van der Waals surface area contributed by atoms with E-state index in [-0.39, 0.29) is 11.1 Å². The van der Waals surface area contributed by atoms with Gasteiger partial charge < -0.3 is 4.74 Å². The predicted octanol–water partition coefficient (Wildman–Crippen LogP) is 4.14. The minimum absolute atomic E-state index is 0.133. The van der Waals surface area contributed by atoms with Crippen molar-refractivity contribution in [2.75, 3.05) is 4.72 Å². The van der Waals surface area contributed by atoms with Gasteiger partial charge in [-0.05, 0) is 37.3 Å². The monoisotopic (exact) mass is 559 g/mol. The zero-order chi connectivity index (χ0) is 27.9. The second kappa shape index (κ2) is 10.0. The number of allylic oxidation sites excluding steroid dienone is 1. The maximum absolute atomic E-state index is 15.5. The smallest absolute Gasteiger partial charge is 0.387 e. The first kappa shape index (κ1) is 26.2. The third-order valence-corrected chi connectivity index (χ3v) is 7.16. The van der Waals surface area contributed by atoms with Crippen LogP contribution in [0.2, 0.25) is 0 Å². The van der Waals surface area contributed by atoms with Gasteiger partial charge in [-0.25, -0.2) is 17.2 Å². The molecule has 14 heteroatoms. The maximum atomic E-state index is 15.5. The van der Waals surface area contributed by atoms with Crippen LogP contribution in [0, 0.1) is 11.6 Å². The van der Waals surface area contributed by atoms with Gasteiger partial charge in [0, 0.05) is 41.4 Å². The molecule has 2 aromatic carbocycles. The Kier molecular flexibility index (Phi) is 6.72. The van der Waals surface area contributed by atoms with Gasteiger partial charge in [-0.15, -0.1) is 0 Å². The Bertz CT molecular complexity index is 1680. The Hall–Kier alpha value is -4.46. The number of alkyl halides is 2. The number of nitrogens with zero attached hydrogens (tertiary/aromatic N) is 4. The van der Waals surface area contributed by atoms with Crippen molar-refractivity contribution in [3.8, 4) is 5.75 Å². The van der Waals surface area contributed by atoms with E-state index in [1.165, 1.54) is 6.21 Å². The molecule has 3 heterocycles. The third-order valence-electron chi connectivity index (χ3n) is 5.80. The van der Waals surface area contributed by atoms with Crippen LogP contribution in [0.3, 0.4) is 0 Å². The van der Waals surface area contributed by atoms with E-state index < -0.39 is 68.3 Å². The minimum atomic E-state index is -4.55. The van der Waals surface area contributed by atoms with Gasteiger partial charge in [0.05, 0.1) is 21.9 Å². The second-order valence-corrected chi connectivity index (χ2v) is 10.1. The predicted molar refractivity (Wildman–Crippen MR) is 136 cm³/mol. The molecule has 39 heavy (non-hydrogen) atoms. The number of nitrogens with one attached hydrogen (secondary N) is 1. The number of aliphatic imine (C=N–C) groups is 4. The van der Waals surface area contributed by atoms with E-state index in [9.17, 15) is 26.4 Å². The van der Waals surface area contributed by atoms with Gasteiger partial charge in [-0.2, -0.15) is 8.78 Å². The van der Waals surface area contributed by atoms with Crippen molar-refractivity contribution in [3.05, 3.63) is 76.4 Å². The Balaban J connectivity index is 1.47. The number of dihydropyridines is 1. The Morgan fingerprint density at radius 1 is 1.03 bits per heavy atom. The van der Waals surface area contributed by atoms with Crippen LogP contribution < -0.4 is 9.46 Å². The lowest BCUT2D eigenvalue weighted by molar-refractivity contribution is -0.0500. The summed E-state index contributed by atoms with van der Waals surface area (Å²) in [4.78, 5) is 29.7. The minimum Gasteiger partial charge on any atom is -0.435 e. The fraction of sp³-hybridized carbons (Fsp3) is 0.160. The van der Waals surface area contributed by atoms with Crippen LogP contribution in [0.5, 0.6) is 5.75 Å². The maximum Gasteiger partial charge on any atom is 0.387 e. The summed E-state index contributed by atoms with van der Waals surface area (Å²) in [5.41, 5.74) is -0.358. The number of anilines is 1. The third kappa shape index (κ3) is 5.14. The Morgan fingerprint density at radius 3 is 2.49 bits per heavy atom. The molecule has 0 saturated carbocycles. The van der Waals surface area contributed by atoms with Crippen molar-refractivity contribution < 1.29 is 35.5 Å². The molecule has 0 bridgehead atoms. The summed E-state index contributed by atoms with van der Waals surface area (Å²) >= 11 is 0. The molecular formula is C25H17F4N5O4S. The fourth-order valence-corrected chi connectivity index (χ4v) is 5.10. The SMILES string of the molecule is CC1=NC(C2=CC3=C(C(=O)c4c(F)ccc(NS(=O)(=O)c5cccc(OC(F)F)c5)c4F)C=NC3N=C2)N=C1. The molecule has 0 aliphatic carbocycles. The zero-order valence-corrected chi connectivity index (χ0v) is 20.7. The van der Waals surface area contributed by atoms with Crippen molar-refractivity contribution in [1.82, 2.24) is 0 Å². The highest BCUT2D eigenvalue weighted by atomic mass is 32.2. The van der Waals surface area contributed by atoms with E-state index in [0.29, 0.717) is 11.3 Å². The van der Waals surface area contributed by atoms with E-state index in [1.54, 1.807) is 19.2 Å². The number of benzene rings is 2. The average Bonchev–Trinajstić information content (AvgIpc) is 3.51. The van der Waals surface area contributed by atoms with Crippen LogP contribution in [0.1, 0.15) is 17.3 Å². The van der Waals surface area contributed by atoms with Crippen LogP contribution in [-0.4, -0.2) is 57.5 Å². The molecule has 1 N–H and O–H groups in total. The van der Waals surface area contributed by atoms with Gasteiger partial charge in [0.25, 0.3) is 10.0 Å².